The summed E-state index contributed by atoms with van der Waals surface area (Å²) < 4.78 is 0. The lowest BCUT2D eigenvalue weighted by Crippen LogP contribution is -2.58. The molecule has 23 heavy (non-hydrogen) atoms. The van der Waals surface area contributed by atoms with Crippen molar-refractivity contribution < 1.29 is 15.3 Å². The predicted molar refractivity (Wildman–Crippen MR) is 92.3 cm³/mol. The monoisotopic (exact) mass is 340 g/mol. The molecule has 3 aliphatic carbocycles. The van der Waals surface area contributed by atoms with E-state index in [1.165, 1.54) is 5.57 Å². The van der Waals surface area contributed by atoms with E-state index >= 15 is 0 Å². The summed E-state index contributed by atoms with van der Waals surface area (Å²) in [7, 11) is 0. The van der Waals surface area contributed by atoms with Gasteiger partial charge in [-0.25, -0.2) is 0 Å². The van der Waals surface area contributed by atoms with Crippen molar-refractivity contribution in [3.63, 3.8) is 0 Å². The Kier molecular flexibility index (Phi) is 4.24. The summed E-state index contributed by atoms with van der Waals surface area (Å²) in [5, 5.41) is 30.5. The van der Waals surface area contributed by atoms with Gasteiger partial charge in [-0.1, -0.05) is 25.5 Å². The largest absolute Gasteiger partial charge is 0.393 e. The van der Waals surface area contributed by atoms with Crippen molar-refractivity contribution in [2.45, 2.75) is 69.5 Å². The van der Waals surface area contributed by atoms with Crippen LogP contribution in [-0.4, -0.2) is 39.0 Å². The minimum Gasteiger partial charge on any atom is -0.393 e. The van der Waals surface area contributed by atoms with Crippen LogP contribution in [0, 0.1) is 16.7 Å². The topological polar surface area (TPSA) is 60.7 Å². The highest BCUT2D eigenvalue weighted by Crippen LogP contribution is 2.61. The van der Waals surface area contributed by atoms with Crippen LogP contribution in [0.15, 0.2) is 23.8 Å². The number of alkyl halides is 1. The number of allylic oxidation sites excluding steroid dienone is 2. The fraction of sp³-hybridized carbons (Fsp3) is 0.789. The molecule has 0 spiro atoms. The van der Waals surface area contributed by atoms with Crippen molar-refractivity contribution in [3.05, 3.63) is 23.8 Å². The van der Waals surface area contributed by atoms with Crippen molar-refractivity contribution in [1.29, 1.82) is 0 Å². The molecule has 0 unspecified atom stereocenters. The molecule has 0 aromatic rings. The Balaban J connectivity index is 2.04. The molecule has 1 fully saturated rings. The summed E-state index contributed by atoms with van der Waals surface area (Å²) in [6, 6.07) is 0. The van der Waals surface area contributed by atoms with Gasteiger partial charge >= 0.3 is 0 Å². The molecule has 0 heterocycles. The third kappa shape index (κ3) is 2.43. The molecule has 0 radical (unpaired) electrons. The first-order chi connectivity index (χ1) is 10.7. The van der Waals surface area contributed by atoms with Crippen molar-refractivity contribution in [2.24, 2.45) is 16.7 Å². The maximum atomic E-state index is 10.9. The fourth-order valence-corrected chi connectivity index (χ4v) is 5.63. The molecule has 3 aliphatic rings. The van der Waals surface area contributed by atoms with E-state index in [2.05, 4.69) is 26.5 Å². The Morgan fingerprint density at radius 3 is 2.61 bits per heavy atom. The lowest BCUT2D eigenvalue weighted by molar-refractivity contribution is -0.0957. The van der Waals surface area contributed by atoms with E-state index in [4.69, 9.17) is 11.6 Å². The highest BCUT2D eigenvalue weighted by Gasteiger charge is 2.56. The summed E-state index contributed by atoms with van der Waals surface area (Å²) in [4.78, 5) is 0. The zero-order chi connectivity index (χ0) is 17.0. The number of rotatable bonds is 2. The normalized spacial score (nSPS) is 50.3. The molecule has 3 N–H and O–H groups in total. The number of aliphatic hydroxyl groups excluding tert-OH is 2. The van der Waals surface area contributed by atoms with Gasteiger partial charge in [0.1, 0.15) is 11.7 Å². The van der Waals surface area contributed by atoms with E-state index in [0.717, 1.165) is 37.7 Å². The Hall–Kier alpha value is -0.350. The molecule has 6 atom stereocenters. The summed E-state index contributed by atoms with van der Waals surface area (Å²) >= 11 is 6.36. The van der Waals surface area contributed by atoms with Gasteiger partial charge in [0.2, 0.25) is 0 Å². The average molecular weight is 341 g/mol. The van der Waals surface area contributed by atoms with Crippen LogP contribution in [0.1, 0.15) is 52.4 Å². The second-order valence-corrected chi connectivity index (χ2v) is 8.98. The van der Waals surface area contributed by atoms with Crippen LogP contribution < -0.4 is 0 Å². The van der Waals surface area contributed by atoms with Gasteiger partial charge < -0.3 is 15.3 Å². The van der Waals surface area contributed by atoms with Crippen LogP contribution in [0.3, 0.4) is 0 Å². The summed E-state index contributed by atoms with van der Waals surface area (Å²) in [5.74, 6) is 0.542. The maximum Gasteiger partial charge on any atom is 0.136 e. The number of halogens is 1. The van der Waals surface area contributed by atoms with E-state index in [1.54, 1.807) is 0 Å². The minimum atomic E-state index is -1.58. The Morgan fingerprint density at radius 1 is 1.30 bits per heavy atom. The maximum absolute atomic E-state index is 10.9. The quantitative estimate of drug-likeness (QED) is 0.534. The first kappa shape index (κ1) is 17.5. The summed E-state index contributed by atoms with van der Waals surface area (Å²) in [6.07, 6.45) is 6.55. The third-order valence-electron chi connectivity index (χ3n) is 7.11. The highest BCUT2D eigenvalue weighted by molar-refractivity contribution is 6.21. The second-order valence-electron chi connectivity index (χ2n) is 8.42. The summed E-state index contributed by atoms with van der Waals surface area (Å²) in [6.45, 7) is 8.11. The standard InChI is InChI=1S/C19H29ClO3/c1-4-17(2)7-8-18(3)12(10-17)5-6-13-14(18)9-15(20)16(22)19(13,23)11-21/h4,12,15-16,21-23H,1,5-11H2,2-3H3/t12-,15+,16-,17-,18-,19+/m0/s1. The van der Waals surface area contributed by atoms with Gasteiger partial charge in [-0.05, 0) is 60.8 Å². The Morgan fingerprint density at radius 2 is 2.00 bits per heavy atom. The zero-order valence-corrected chi connectivity index (χ0v) is 14.9. The number of aliphatic hydroxyl groups is 3. The number of hydrogen-bond acceptors (Lipinski definition) is 3. The third-order valence-corrected chi connectivity index (χ3v) is 7.51. The lowest BCUT2D eigenvalue weighted by atomic mass is 9.50. The van der Waals surface area contributed by atoms with Crippen LogP contribution in [-0.2, 0) is 0 Å². The molecule has 4 heteroatoms. The molecule has 0 saturated heterocycles. The first-order valence-corrected chi connectivity index (χ1v) is 9.16. The van der Waals surface area contributed by atoms with Crippen molar-refractivity contribution >= 4 is 11.6 Å². The fourth-order valence-electron chi connectivity index (χ4n) is 5.26. The van der Waals surface area contributed by atoms with Gasteiger partial charge in [-0.2, -0.15) is 0 Å². The van der Waals surface area contributed by atoms with E-state index in [0.29, 0.717) is 12.3 Å². The smallest absolute Gasteiger partial charge is 0.136 e. The molecule has 0 aliphatic heterocycles. The van der Waals surface area contributed by atoms with Crippen molar-refractivity contribution in [3.8, 4) is 0 Å². The highest BCUT2D eigenvalue weighted by atomic mass is 35.5. The van der Waals surface area contributed by atoms with Gasteiger partial charge in [0, 0.05) is 0 Å². The number of hydrogen-bond donors (Lipinski definition) is 3. The molecule has 0 amide bonds. The molecule has 3 rings (SSSR count). The molecular weight excluding hydrogens is 312 g/mol. The Labute approximate surface area is 144 Å². The van der Waals surface area contributed by atoms with Gasteiger partial charge in [0.05, 0.1) is 12.0 Å². The average Bonchev–Trinajstić information content (AvgIpc) is 2.54. The zero-order valence-electron chi connectivity index (χ0n) is 14.2. The molecule has 0 aromatic heterocycles. The summed E-state index contributed by atoms with van der Waals surface area (Å²) in [5.41, 5.74) is 0.663. The van der Waals surface area contributed by atoms with E-state index in [9.17, 15) is 15.3 Å². The molecule has 130 valence electrons. The Bertz CT molecular complexity index is 545. The SMILES string of the molecule is C=C[C@@]1(C)CC[C@]2(C)C3=C(CC[C@H]2C1)[C@](O)(CO)[C@@H](O)[C@H](Cl)C3. The first-order valence-electron chi connectivity index (χ1n) is 8.72. The van der Waals surface area contributed by atoms with Gasteiger partial charge in [0.15, 0.2) is 0 Å². The van der Waals surface area contributed by atoms with Crippen molar-refractivity contribution in [1.82, 2.24) is 0 Å². The van der Waals surface area contributed by atoms with Crippen LogP contribution in [0.5, 0.6) is 0 Å². The van der Waals surface area contributed by atoms with Crippen LogP contribution >= 0.6 is 11.6 Å². The molecule has 1 saturated carbocycles. The van der Waals surface area contributed by atoms with Crippen LogP contribution in [0.4, 0.5) is 0 Å². The molecule has 0 aromatic carbocycles. The van der Waals surface area contributed by atoms with Crippen LogP contribution in [0.2, 0.25) is 0 Å². The van der Waals surface area contributed by atoms with Gasteiger partial charge in [0.25, 0.3) is 0 Å². The van der Waals surface area contributed by atoms with Crippen LogP contribution in [0.25, 0.3) is 0 Å². The van der Waals surface area contributed by atoms with Gasteiger partial charge in [-0.15, -0.1) is 18.2 Å². The second kappa shape index (κ2) is 5.59. The van der Waals surface area contributed by atoms with Crippen molar-refractivity contribution in [2.75, 3.05) is 6.61 Å². The predicted octanol–water partition coefficient (Wildman–Crippen LogP) is 3.17. The van der Waals surface area contributed by atoms with E-state index in [-0.39, 0.29) is 10.8 Å². The minimum absolute atomic E-state index is 0.00648. The van der Waals surface area contributed by atoms with E-state index < -0.39 is 23.7 Å². The van der Waals surface area contributed by atoms with E-state index in [1.807, 2.05) is 0 Å². The number of fused-ring (bicyclic) bond motifs is 2. The molecule has 3 nitrogen and oxygen atoms in total. The van der Waals surface area contributed by atoms with Gasteiger partial charge in [-0.3, -0.25) is 0 Å². The molecule has 0 bridgehead atoms. The lowest BCUT2D eigenvalue weighted by Gasteiger charge is -2.56. The molecular formula is C19H29ClO3.